The summed E-state index contributed by atoms with van der Waals surface area (Å²) in [6.45, 7) is 0.507. The molecule has 11 heteroatoms. The lowest BCUT2D eigenvalue weighted by molar-refractivity contribution is -0.137. The van der Waals surface area contributed by atoms with Crippen LogP contribution in [-0.2, 0) is 15.7 Å². The number of benzene rings is 2. The molecule has 3 aliphatic rings. The van der Waals surface area contributed by atoms with Gasteiger partial charge in [0, 0.05) is 42.8 Å². The smallest absolute Gasteiger partial charge is 0.416 e. The van der Waals surface area contributed by atoms with E-state index >= 15 is 0 Å². The van der Waals surface area contributed by atoms with Crippen LogP contribution in [0.4, 0.5) is 18.0 Å². The largest absolute Gasteiger partial charge is 0.497 e. The van der Waals surface area contributed by atoms with E-state index in [1.54, 1.807) is 12.1 Å². The van der Waals surface area contributed by atoms with E-state index in [0.29, 0.717) is 35.7 Å². The quantitative estimate of drug-likeness (QED) is 0.520. The molecular weight excluding hydrogens is 499 g/mol. The predicted octanol–water partition coefficient (Wildman–Crippen LogP) is 4.95. The van der Waals surface area contributed by atoms with Gasteiger partial charge in [-0.15, -0.1) is 11.8 Å². The van der Waals surface area contributed by atoms with Gasteiger partial charge < -0.3 is 19.1 Å². The summed E-state index contributed by atoms with van der Waals surface area (Å²) >= 11 is 1.27. The maximum atomic E-state index is 12.9. The molecule has 1 spiro atoms. The topological polar surface area (TPSA) is 82.1 Å². The van der Waals surface area contributed by atoms with Crippen LogP contribution in [0.2, 0.25) is 0 Å². The molecule has 0 aromatic heterocycles. The van der Waals surface area contributed by atoms with E-state index in [-0.39, 0.29) is 29.3 Å². The first-order valence-electron chi connectivity index (χ1n) is 11.1. The molecule has 0 N–H and O–H groups in total. The van der Waals surface area contributed by atoms with Crippen molar-refractivity contribution in [1.29, 1.82) is 0 Å². The summed E-state index contributed by atoms with van der Waals surface area (Å²) in [5.41, 5.74) is -0.833. The Morgan fingerprint density at radius 2 is 1.78 bits per heavy atom. The second-order valence-electron chi connectivity index (χ2n) is 8.68. The van der Waals surface area contributed by atoms with Crippen LogP contribution in [0.1, 0.15) is 34.3 Å². The highest BCUT2D eigenvalue weighted by atomic mass is 32.2. The number of amides is 1. The first kappa shape index (κ1) is 24.2. The first-order chi connectivity index (χ1) is 17.1. The van der Waals surface area contributed by atoms with Crippen LogP contribution in [0.3, 0.4) is 0 Å². The second-order valence-corrected chi connectivity index (χ2v) is 9.67. The number of hydrogen-bond donors (Lipinski definition) is 0. The van der Waals surface area contributed by atoms with Crippen molar-refractivity contribution in [3.63, 3.8) is 0 Å². The monoisotopic (exact) mass is 519 g/mol. The van der Waals surface area contributed by atoms with Gasteiger partial charge in [0.1, 0.15) is 27.8 Å². The summed E-state index contributed by atoms with van der Waals surface area (Å²) in [5.74, 6) is -0.188. The van der Waals surface area contributed by atoms with Crippen LogP contribution in [0.5, 0.6) is 11.5 Å². The van der Waals surface area contributed by atoms with Crippen LogP contribution in [-0.4, -0.2) is 54.1 Å². The lowest BCUT2D eigenvalue weighted by Gasteiger charge is -2.45. The number of fused-ring (bicyclic) bond motifs is 2. The molecule has 0 bridgehead atoms. The molecule has 1 saturated heterocycles. The van der Waals surface area contributed by atoms with Gasteiger partial charge in [-0.05, 0) is 36.4 Å². The number of ether oxygens (including phenoxy) is 3. The molecule has 2 aromatic carbocycles. The Kier molecular flexibility index (Phi) is 5.98. The van der Waals surface area contributed by atoms with E-state index in [1.165, 1.54) is 42.0 Å². The van der Waals surface area contributed by atoms with Gasteiger partial charge in [0.25, 0.3) is 0 Å². The van der Waals surface area contributed by atoms with Crippen molar-refractivity contribution in [3.05, 3.63) is 64.1 Å². The molecule has 1 fully saturated rings. The number of alkyl halides is 3. The number of allylic oxidation sites excluding steroid dienone is 1. The molecule has 36 heavy (non-hydrogen) atoms. The van der Waals surface area contributed by atoms with E-state index < -0.39 is 35.0 Å². The number of carbonyl (C=O) groups is 3. The predicted molar refractivity (Wildman–Crippen MR) is 124 cm³/mol. The SMILES string of the molecule is COc1ccc2c(c1)C(=O)C(=O)C1=C2OC2(CCN(C(=O)Oc3cccc(C(F)(F)F)c3)CC2)CS1. The van der Waals surface area contributed by atoms with E-state index in [0.717, 1.165) is 12.1 Å². The molecule has 5 rings (SSSR count). The van der Waals surface area contributed by atoms with Crippen LogP contribution in [0, 0.1) is 0 Å². The maximum absolute atomic E-state index is 12.9. The molecule has 1 amide bonds. The van der Waals surface area contributed by atoms with Crippen molar-refractivity contribution >= 4 is 35.2 Å². The van der Waals surface area contributed by atoms with Gasteiger partial charge in [-0.1, -0.05) is 6.07 Å². The molecular formula is C25H20F3NO6S. The van der Waals surface area contributed by atoms with Crippen molar-refractivity contribution in [1.82, 2.24) is 4.90 Å². The highest BCUT2D eigenvalue weighted by molar-refractivity contribution is 8.04. The normalized spacial score (nSPS) is 18.9. The van der Waals surface area contributed by atoms with E-state index in [9.17, 15) is 27.6 Å². The Morgan fingerprint density at radius 1 is 1.03 bits per heavy atom. The molecule has 2 aromatic rings. The van der Waals surface area contributed by atoms with Crippen LogP contribution < -0.4 is 9.47 Å². The van der Waals surface area contributed by atoms with E-state index in [1.807, 2.05) is 0 Å². The van der Waals surface area contributed by atoms with Gasteiger partial charge in [-0.25, -0.2) is 4.79 Å². The third kappa shape index (κ3) is 4.32. The average molecular weight is 519 g/mol. The number of halogens is 3. The van der Waals surface area contributed by atoms with Crippen LogP contribution in [0.25, 0.3) is 5.76 Å². The third-order valence-corrected chi connectivity index (χ3v) is 7.76. The minimum Gasteiger partial charge on any atom is -0.497 e. The third-order valence-electron chi connectivity index (χ3n) is 6.43. The van der Waals surface area contributed by atoms with Crippen molar-refractivity contribution in [3.8, 4) is 11.5 Å². The fourth-order valence-corrected chi connectivity index (χ4v) is 5.68. The Balaban J connectivity index is 1.29. The lowest BCUT2D eigenvalue weighted by Crippen LogP contribution is -2.51. The lowest BCUT2D eigenvalue weighted by atomic mass is 9.90. The van der Waals surface area contributed by atoms with E-state index in [4.69, 9.17) is 14.2 Å². The number of ketones is 2. The molecule has 0 unspecified atom stereocenters. The van der Waals surface area contributed by atoms with E-state index in [2.05, 4.69) is 0 Å². The van der Waals surface area contributed by atoms with Crippen LogP contribution in [0.15, 0.2) is 47.4 Å². The Hall–Kier alpha value is -3.47. The Labute approximate surface area is 208 Å². The first-order valence-corrected chi connectivity index (χ1v) is 12.1. The number of likely N-dealkylation sites (tertiary alicyclic amines) is 1. The average Bonchev–Trinajstić information content (AvgIpc) is 2.87. The number of carbonyl (C=O) groups excluding carboxylic acids is 3. The summed E-state index contributed by atoms with van der Waals surface area (Å²) < 4.78 is 55.6. The molecule has 0 atom stereocenters. The summed E-state index contributed by atoms with van der Waals surface area (Å²) in [6.07, 6.45) is -4.45. The standard InChI is InChI=1S/C25H20F3NO6S/c1-33-15-5-6-17-18(12-15)19(30)20(31)22-21(17)35-24(13-36-22)7-9-29(10-8-24)23(32)34-16-4-2-3-14(11-16)25(26,27)28/h2-6,11-12H,7-10,13H2,1H3. The fourth-order valence-electron chi connectivity index (χ4n) is 4.41. The number of rotatable bonds is 2. The van der Waals surface area contributed by atoms with Crippen molar-refractivity contribution in [2.24, 2.45) is 0 Å². The number of piperidine rings is 1. The zero-order valence-electron chi connectivity index (χ0n) is 19.0. The minimum atomic E-state index is -4.54. The van der Waals surface area contributed by atoms with Gasteiger partial charge in [0.2, 0.25) is 11.6 Å². The van der Waals surface area contributed by atoms with Crippen molar-refractivity contribution in [2.45, 2.75) is 24.6 Å². The molecule has 188 valence electrons. The summed E-state index contributed by atoms with van der Waals surface area (Å²) in [5, 5.41) is 0. The molecule has 7 nitrogen and oxygen atoms in total. The number of Topliss-reactive ketones (excluding diaryl/α,β-unsaturated/α-hetero) is 2. The minimum absolute atomic E-state index is 0.188. The van der Waals surface area contributed by atoms with Gasteiger partial charge in [0.05, 0.1) is 12.7 Å². The Morgan fingerprint density at radius 3 is 2.47 bits per heavy atom. The molecule has 2 aliphatic heterocycles. The summed E-state index contributed by atoms with van der Waals surface area (Å²) in [4.78, 5) is 39.6. The van der Waals surface area contributed by atoms with Gasteiger partial charge in [-0.3, -0.25) is 9.59 Å². The zero-order chi connectivity index (χ0) is 25.7. The molecule has 0 radical (unpaired) electrons. The van der Waals surface area contributed by atoms with Crippen molar-refractivity contribution in [2.75, 3.05) is 26.0 Å². The summed E-state index contributed by atoms with van der Waals surface area (Å²) in [7, 11) is 1.47. The van der Waals surface area contributed by atoms with Crippen molar-refractivity contribution < 1.29 is 41.8 Å². The number of thioether (sulfide) groups is 1. The Bertz CT molecular complexity index is 1300. The number of hydrogen-bond acceptors (Lipinski definition) is 7. The van der Waals surface area contributed by atoms with Gasteiger partial charge in [0.15, 0.2) is 0 Å². The highest BCUT2D eigenvalue weighted by Crippen LogP contribution is 2.47. The van der Waals surface area contributed by atoms with Crippen LogP contribution >= 0.6 is 11.8 Å². The summed E-state index contributed by atoms with van der Waals surface area (Å²) in [6, 6.07) is 9.05. The molecule has 1 aliphatic carbocycles. The number of nitrogens with zero attached hydrogens (tertiary/aromatic N) is 1. The molecule has 2 heterocycles. The molecule has 0 saturated carbocycles. The highest BCUT2D eigenvalue weighted by Gasteiger charge is 2.46. The van der Waals surface area contributed by atoms with Gasteiger partial charge >= 0.3 is 12.3 Å². The fraction of sp³-hybridized carbons (Fsp3) is 0.320. The maximum Gasteiger partial charge on any atom is 0.416 e. The zero-order valence-corrected chi connectivity index (χ0v) is 19.8. The second kappa shape index (κ2) is 8.88. The van der Waals surface area contributed by atoms with Gasteiger partial charge in [-0.2, -0.15) is 13.2 Å². The number of methoxy groups -OCH3 is 1.